The van der Waals surface area contributed by atoms with E-state index in [1.165, 1.54) is 0 Å². The molecule has 0 aromatic carbocycles. The first kappa shape index (κ1) is 7.45. The monoisotopic (exact) mass is 347 g/mol. The summed E-state index contributed by atoms with van der Waals surface area (Å²) in [7, 11) is 0. The van der Waals surface area contributed by atoms with Crippen LogP contribution in [0.3, 0.4) is 0 Å². The van der Waals surface area contributed by atoms with Crippen molar-refractivity contribution in [3.05, 3.63) is 24.1 Å². The first-order chi connectivity index (χ1) is 4.34. The number of halogens is 2. The van der Waals surface area contributed by atoms with Gasteiger partial charge in [0.05, 0.1) is 45.7 Å². The maximum absolute atomic E-state index is 3.98. The normalized spacial score (nSPS) is 12.0. The van der Waals surface area contributed by atoms with Gasteiger partial charge in [-0.3, -0.25) is 2.78 Å². The van der Waals surface area contributed by atoms with E-state index in [4.69, 9.17) is 0 Å². The molecule has 0 saturated heterocycles. The number of hydrogen-bond acceptors (Lipinski definition) is 2. The fourth-order valence-electron chi connectivity index (χ4n) is 0.404. The van der Waals surface area contributed by atoms with Crippen molar-refractivity contribution in [1.82, 2.24) is 7.76 Å². The number of hydrogen-bond donors (Lipinski definition) is 0. The molecule has 5 heteroatoms. The highest BCUT2D eigenvalue weighted by Crippen LogP contribution is 1.86. The quantitative estimate of drug-likeness (QED) is 0.652. The molecule has 48 valence electrons. The van der Waals surface area contributed by atoms with Gasteiger partial charge >= 0.3 is 0 Å². The molecule has 0 aliphatic carbocycles. The van der Waals surface area contributed by atoms with E-state index in [9.17, 15) is 0 Å². The molecular weight excluding hydrogens is 344 g/mol. The Morgan fingerprint density at radius 2 is 2.44 bits per heavy atom. The summed E-state index contributed by atoms with van der Waals surface area (Å²) < 4.78 is 5.71. The first-order valence-electron chi connectivity index (χ1n) is 2.19. The molecule has 0 N–H and O–H groups in total. The molecule has 0 bridgehead atoms. The zero-order valence-corrected chi connectivity index (χ0v) is 8.64. The zero-order valence-electron chi connectivity index (χ0n) is 4.33. The second-order valence-electron chi connectivity index (χ2n) is 1.32. The number of aromatic nitrogens is 2. The minimum Gasteiger partial charge on any atom is -0.258 e. The fourth-order valence-corrected chi connectivity index (χ4v) is 1.59. The van der Waals surface area contributed by atoms with Crippen LogP contribution in [0, 0.1) is 0 Å². The van der Waals surface area contributed by atoms with Gasteiger partial charge in [-0.25, -0.2) is 4.98 Å². The van der Waals surface area contributed by atoms with Gasteiger partial charge in [0.2, 0.25) is 5.62 Å². The van der Waals surface area contributed by atoms with E-state index in [1.54, 1.807) is 6.20 Å². The van der Waals surface area contributed by atoms with Crippen LogP contribution in [0.25, 0.3) is 0 Å². The fraction of sp³-hybridized carbons (Fsp3) is 0. The Balaban J connectivity index is 3.33. The largest absolute Gasteiger partial charge is 0.258 e. The van der Waals surface area contributed by atoms with Gasteiger partial charge in [0.25, 0.3) is 0 Å². The molecule has 3 nitrogen and oxygen atoms in total. The lowest BCUT2D eigenvalue weighted by Crippen LogP contribution is -2.14. The summed E-state index contributed by atoms with van der Waals surface area (Å²) in [6.07, 6.45) is 3.61. The van der Waals surface area contributed by atoms with Crippen LogP contribution in [0.5, 0.6) is 0 Å². The van der Waals surface area contributed by atoms with Crippen molar-refractivity contribution in [2.75, 3.05) is 0 Å². The minimum atomic E-state index is 0.721. The molecule has 0 unspecified atom stereocenters. The van der Waals surface area contributed by atoms with Gasteiger partial charge in [-0.05, 0) is 6.07 Å². The van der Waals surface area contributed by atoms with Gasteiger partial charge < -0.3 is 0 Å². The second-order valence-corrected chi connectivity index (χ2v) is 2.84. The maximum Gasteiger partial charge on any atom is 0.244 e. The Kier molecular flexibility index (Phi) is 2.89. The highest BCUT2D eigenvalue weighted by atomic mass is 127. The lowest BCUT2D eigenvalue weighted by Gasteiger charge is -1.89. The Morgan fingerprint density at radius 1 is 1.67 bits per heavy atom. The number of rotatable bonds is 0. The van der Waals surface area contributed by atoms with Crippen molar-refractivity contribution in [3.63, 3.8) is 0 Å². The molecule has 0 radical (unpaired) electrons. The smallest absolute Gasteiger partial charge is 0.244 e. The predicted octanol–water partition coefficient (Wildman–Crippen LogP) is 1.33. The summed E-state index contributed by atoms with van der Waals surface area (Å²) in [5.74, 6) is 0. The van der Waals surface area contributed by atoms with Crippen molar-refractivity contribution in [2.45, 2.75) is 0 Å². The van der Waals surface area contributed by atoms with Crippen molar-refractivity contribution >= 4 is 45.7 Å². The molecule has 0 amide bonds. The maximum atomic E-state index is 3.98. The van der Waals surface area contributed by atoms with Gasteiger partial charge in [-0.2, -0.15) is 3.21 Å². The Labute approximate surface area is 80.2 Å². The molecule has 0 aliphatic heterocycles. The van der Waals surface area contributed by atoms with Crippen LogP contribution in [-0.2, 0) is 0 Å². The Bertz CT molecular complexity index is 254. The molecule has 1 rings (SSSR count). The summed E-state index contributed by atoms with van der Waals surface area (Å²) in [6.45, 7) is 0. The van der Waals surface area contributed by atoms with Crippen LogP contribution < -0.4 is 5.62 Å². The van der Waals surface area contributed by atoms with Crippen LogP contribution >= 0.6 is 45.7 Å². The molecule has 0 aliphatic rings. The van der Waals surface area contributed by atoms with Crippen LogP contribution in [0.2, 0.25) is 0 Å². The first-order valence-corrected chi connectivity index (χ1v) is 4.12. The molecule has 0 spiro atoms. The van der Waals surface area contributed by atoms with E-state index in [-0.39, 0.29) is 0 Å². The molecular formula is C4H3I2N3. The van der Waals surface area contributed by atoms with Crippen molar-refractivity contribution in [2.24, 2.45) is 3.21 Å². The van der Waals surface area contributed by atoms with Crippen LogP contribution in [0.15, 0.2) is 21.7 Å². The Hall–Kier alpha value is 0.340. The van der Waals surface area contributed by atoms with E-state index in [0.29, 0.717) is 0 Å². The van der Waals surface area contributed by atoms with Crippen LogP contribution in [0.1, 0.15) is 0 Å². The summed E-state index contributed by atoms with van der Waals surface area (Å²) in [6, 6.07) is 1.86. The summed E-state index contributed by atoms with van der Waals surface area (Å²) in [5, 5.41) is 0. The third-order valence-electron chi connectivity index (χ3n) is 0.760. The second kappa shape index (κ2) is 3.49. The average molecular weight is 347 g/mol. The Morgan fingerprint density at radius 3 is 2.89 bits per heavy atom. The predicted molar refractivity (Wildman–Crippen MR) is 51.2 cm³/mol. The van der Waals surface area contributed by atoms with Crippen molar-refractivity contribution < 1.29 is 0 Å². The molecule has 0 saturated carbocycles. The van der Waals surface area contributed by atoms with Gasteiger partial charge in [0.1, 0.15) is 0 Å². The summed E-state index contributed by atoms with van der Waals surface area (Å²) in [4.78, 5) is 3.98. The molecule has 1 aromatic rings. The SMILES string of the molecule is I/N=c1/ncccn1I. The van der Waals surface area contributed by atoms with E-state index in [1.807, 2.05) is 37.9 Å². The minimum absolute atomic E-state index is 0.721. The molecule has 1 aromatic heterocycles. The third-order valence-corrected chi connectivity index (χ3v) is 1.94. The summed E-state index contributed by atoms with van der Waals surface area (Å²) >= 11 is 4.03. The van der Waals surface area contributed by atoms with E-state index in [2.05, 4.69) is 31.1 Å². The lowest BCUT2D eigenvalue weighted by molar-refractivity contribution is 1.02. The van der Waals surface area contributed by atoms with Crippen LogP contribution in [0.4, 0.5) is 0 Å². The zero-order chi connectivity index (χ0) is 6.69. The lowest BCUT2D eigenvalue weighted by atomic mass is 10.7. The molecule has 0 atom stereocenters. The van der Waals surface area contributed by atoms with E-state index in [0.717, 1.165) is 5.62 Å². The average Bonchev–Trinajstić information content (AvgIpc) is 1.89. The van der Waals surface area contributed by atoms with Crippen molar-refractivity contribution in [3.8, 4) is 0 Å². The molecule has 0 fully saturated rings. The van der Waals surface area contributed by atoms with Gasteiger partial charge in [-0.1, -0.05) is 0 Å². The standard InChI is InChI=1S/C4H3I2N3/c5-8-4-7-2-1-3-9(4)6/h1-3H/b8-4-. The van der Waals surface area contributed by atoms with E-state index < -0.39 is 0 Å². The number of nitrogens with zero attached hydrogens (tertiary/aromatic N) is 3. The van der Waals surface area contributed by atoms with Gasteiger partial charge in [-0.15, -0.1) is 0 Å². The third kappa shape index (κ3) is 1.88. The van der Waals surface area contributed by atoms with Crippen molar-refractivity contribution in [1.29, 1.82) is 0 Å². The molecule has 9 heavy (non-hydrogen) atoms. The summed E-state index contributed by atoms with van der Waals surface area (Å²) in [5.41, 5.74) is 0.721. The van der Waals surface area contributed by atoms with Gasteiger partial charge in [0, 0.05) is 12.4 Å². The topological polar surface area (TPSA) is 30.2 Å². The molecule has 1 heterocycles. The van der Waals surface area contributed by atoms with Gasteiger partial charge in [0.15, 0.2) is 0 Å². The highest BCUT2D eigenvalue weighted by Gasteiger charge is 1.82. The van der Waals surface area contributed by atoms with E-state index >= 15 is 0 Å². The van der Waals surface area contributed by atoms with Crippen LogP contribution in [-0.4, -0.2) is 7.76 Å². The highest BCUT2D eigenvalue weighted by molar-refractivity contribution is 14.1.